The van der Waals surface area contributed by atoms with Crippen molar-refractivity contribution in [2.75, 3.05) is 10.2 Å². The molecule has 0 aliphatic rings. The van der Waals surface area contributed by atoms with Crippen LogP contribution in [0.3, 0.4) is 0 Å². The van der Waals surface area contributed by atoms with Gasteiger partial charge in [0.15, 0.2) is 0 Å². The Kier molecular flexibility index (Phi) is 6.38. The van der Waals surface area contributed by atoms with Gasteiger partial charge in [-0.05, 0) is 42.3 Å². The Balaban J connectivity index is 1.57. The van der Waals surface area contributed by atoms with Crippen molar-refractivity contribution in [2.45, 2.75) is 20.0 Å². The summed E-state index contributed by atoms with van der Waals surface area (Å²) in [5.41, 5.74) is 4.57. The molecule has 0 spiro atoms. The van der Waals surface area contributed by atoms with Gasteiger partial charge in [-0.2, -0.15) is 0 Å². The average molecular weight is 408 g/mol. The van der Waals surface area contributed by atoms with Gasteiger partial charge in [0.2, 0.25) is 0 Å². The number of carbonyl (C=O) groups excluding carboxylic acids is 1. The first-order chi connectivity index (χ1) is 15.2. The molecule has 1 aromatic heterocycles. The highest BCUT2D eigenvalue weighted by molar-refractivity contribution is 6.04. The van der Waals surface area contributed by atoms with E-state index in [0.717, 1.165) is 30.3 Å². The summed E-state index contributed by atoms with van der Waals surface area (Å²) in [6.45, 7) is 3.42. The number of pyridine rings is 1. The molecule has 0 bridgehead atoms. The zero-order valence-electron chi connectivity index (χ0n) is 17.5. The summed E-state index contributed by atoms with van der Waals surface area (Å²) >= 11 is 0. The van der Waals surface area contributed by atoms with Gasteiger partial charge in [-0.15, -0.1) is 0 Å². The van der Waals surface area contributed by atoms with Crippen LogP contribution in [0.15, 0.2) is 103 Å². The quantitative estimate of drug-likeness (QED) is 0.418. The predicted octanol–water partition coefficient (Wildman–Crippen LogP) is 5.85. The largest absolute Gasteiger partial charge is 0.348 e. The van der Waals surface area contributed by atoms with Crippen molar-refractivity contribution in [3.8, 4) is 0 Å². The minimum Gasteiger partial charge on any atom is -0.348 e. The molecule has 4 aromatic rings. The maximum Gasteiger partial charge on any atom is 0.255 e. The van der Waals surface area contributed by atoms with Gasteiger partial charge in [-0.3, -0.25) is 4.79 Å². The van der Waals surface area contributed by atoms with E-state index in [1.807, 2.05) is 49.4 Å². The van der Waals surface area contributed by atoms with E-state index >= 15 is 0 Å². The van der Waals surface area contributed by atoms with Crippen molar-refractivity contribution < 1.29 is 4.79 Å². The topological polar surface area (TPSA) is 45.2 Å². The number of nitrogens with one attached hydrogen (secondary N) is 1. The van der Waals surface area contributed by atoms with Gasteiger partial charge >= 0.3 is 0 Å². The first-order valence-corrected chi connectivity index (χ1v) is 10.4. The third kappa shape index (κ3) is 5.37. The van der Waals surface area contributed by atoms with Crippen LogP contribution < -0.4 is 10.2 Å². The van der Waals surface area contributed by atoms with Crippen LogP contribution >= 0.6 is 0 Å². The van der Waals surface area contributed by atoms with Gasteiger partial charge in [0.1, 0.15) is 5.82 Å². The molecule has 4 nitrogen and oxygen atoms in total. The fourth-order valence-corrected chi connectivity index (χ4v) is 3.47. The van der Waals surface area contributed by atoms with Crippen LogP contribution in [-0.4, -0.2) is 10.9 Å². The molecule has 0 radical (unpaired) electrons. The number of rotatable bonds is 7. The standard InChI is InChI=1S/C27H25N3O/c1-21-25(29-27(31)24-15-9-4-10-16-24)17-18-26(28-21)30(19-22-11-5-2-6-12-22)20-23-13-7-3-8-14-23/h2-18H,19-20H2,1H3,(H,29,31). The van der Waals surface area contributed by atoms with Crippen LogP contribution in [-0.2, 0) is 13.1 Å². The molecule has 0 saturated heterocycles. The van der Waals surface area contributed by atoms with Gasteiger partial charge in [0.25, 0.3) is 5.91 Å². The Bertz CT molecular complexity index is 1090. The Morgan fingerprint density at radius 3 is 1.77 bits per heavy atom. The van der Waals surface area contributed by atoms with Crippen LogP contribution in [0, 0.1) is 6.92 Å². The number of hydrogen-bond acceptors (Lipinski definition) is 3. The Morgan fingerprint density at radius 2 is 1.26 bits per heavy atom. The third-order valence-electron chi connectivity index (χ3n) is 5.11. The fourth-order valence-electron chi connectivity index (χ4n) is 3.47. The Labute approximate surface area is 183 Å². The number of anilines is 2. The lowest BCUT2D eigenvalue weighted by Crippen LogP contribution is -2.23. The molecule has 0 aliphatic heterocycles. The molecule has 1 N–H and O–H groups in total. The Morgan fingerprint density at radius 1 is 0.742 bits per heavy atom. The summed E-state index contributed by atoms with van der Waals surface area (Å²) in [7, 11) is 0. The highest BCUT2D eigenvalue weighted by atomic mass is 16.1. The van der Waals surface area contributed by atoms with E-state index in [4.69, 9.17) is 4.98 Å². The van der Waals surface area contributed by atoms with Gasteiger partial charge in [-0.25, -0.2) is 4.98 Å². The van der Waals surface area contributed by atoms with Gasteiger partial charge in [0.05, 0.1) is 11.4 Å². The first-order valence-electron chi connectivity index (χ1n) is 10.4. The minimum absolute atomic E-state index is 0.135. The lowest BCUT2D eigenvalue weighted by Gasteiger charge is -2.25. The molecule has 0 aliphatic carbocycles. The predicted molar refractivity (Wildman–Crippen MR) is 126 cm³/mol. The van der Waals surface area contributed by atoms with Crippen molar-refractivity contribution in [2.24, 2.45) is 0 Å². The average Bonchev–Trinajstić information content (AvgIpc) is 2.82. The summed E-state index contributed by atoms with van der Waals surface area (Å²) in [6, 6.07) is 33.9. The normalized spacial score (nSPS) is 10.5. The maximum atomic E-state index is 12.5. The molecule has 3 aromatic carbocycles. The van der Waals surface area contributed by atoms with Crippen molar-refractivity contribution >= 4 is 17.4 Å². The minimum atomic E-state index is -0.135. The second kappa shape index (κ2) is 9.72. The molecule has 4 rings (SSSR count). The second-order valence-corrected chi connectivity index (χ2v) is 7.45. The summed E-state index contributed by atoms with van der Waals surface area (Å²) in [6.07, 6.45) is 0. The molecule has 31 heavy (non-hydrogen) atoms. The number of hydrogen-bond donors (Lipinski definition) is 1. The molecule has 154 valence electrons. The van der Waals surface area contributed by atoms with E-state index < -0.39 is 0 Å². The Hall–Kier alpha value is -3.92. The number of carbonyl (C=O) groups is 1. The lowest BCUT2D eigenvalue weighted by molar-refractivity contribution is 0.102. The van der Waals surface area contributed by atoms with Crippen LogP contribution in [0.2, 0.25) is 0 Å². The summed E-state index contributed by atoms with van der Waals surface area (Å²) in [5.74, 6) is 0.742. The van der Waals surface area contributed by atoms with E-state index in [2.05, 4.69) is 58.7 Å². The van der Waals surface area contributed by atoms with E-state index in [9.17, 15) is 4.79 Å². The molecule has 1 amide bonds. The fraction of sp³-hybridized carbons (Fsp3) is 0.111. The molecule has 0 atom stereocenters. The van der Waals surface area contributed by atoms with Gasteiger partial charge in [0, 0.05) is 18.7 Å². The maximum absolute atomic E-state index is 12.5. The zero-order chi connectivity index (χ0) is 21.5. The SMILES string of the molecule is Cc1nc(N(Cc2ccccc2)Cc2ccccc2)ccc1NC(=O)c1ccccc1. The molecule has 0 saturated carbocycles. The van der Waals surface area contributed by atoms with Gasteiger partial charge in [-0.1, -0.05) is 78.9 Å². The summed E-state index contributed by atoms with van der Waals surface area (Å²) < 4.78 is 0. The summed E-state index contributed by atoms with van der Waals surface area (Å²) in [5, 5.41) is 2.97. The second-order valence-electron chi connectivity index (χ2n) is 7.45. The number of amides is 1. The van der Waals surface area contributed by atoms with E-state index in [1.54, 1.807) is 12.1 Å². The molecule has 1 heterocycles. The smallest absolute Gasteiger partial charge is 0.255 e. The third-order valence-corrected chi connectivity index (χ3v) is 5.11. The highest BCUT2D eigenvalue weighted by Crippen LogP contribution is 2.23. The molecular formula is C27H25N3O. The molecule has 4 heteroatoms. The summed E-state index contributed by atoms with van der Waals surface area (Å²) in [4.78, 5) is 19.6. The van der Waals surface area contributed by atoms with E-state index in [1.165, 1.54) is 11.1 Å². The molecule has 0 unspecified atom stereocenters. The van der Waals surface area contributed by atoms with Crippen molar-refractivity contribution in [3.63, 3.8) is 0 Å². The lowest BCUT2D eigenvalue weighted by atomic mass is 10.1. The van der Waals surface area contributed by atoms with Crippen LogP contribution in [0.5, 0.6) is 0 Å². The molecular weight excluding hydrogens is 382 g/mol. The van der Waals surface area contributed by atoms with Crippen LogP contribution in [0.1, 0.15) is 27.2 Å². The number of aromatic nitrogens is 1. The first kappa shape index (κ1) is 20.4. The van der Waals surface area contributed by atoms with Crippen molar-refractivity contribution in [1.82, 2.24) is 4.98 Å². The van der Waals surface area contributed by atoms with Crippen molar-refractivity contribution in [1.29, 1.82) is 0 Å². The van der Waals surface area contributed by atoms with Crippen LogP contribution in [0.25, 0.3) is 0 Å². The van der Waals surface area contributed by atoms with E-state index in [0.29, 0.717) is 5.56 Å². The van der Waals surface area contributed by atoms with Crippen LogP contribution in [0.4, 0.5) is 11.5 Å². The van der Waals surface area contributed by atoms with Crippen molar-refractivity contribution in [3.05, 3.63) is 126 Å². The monoisotopic (exact) mass is 407 g/mol. The number of benzene rings is 3. The van der Waals surface area contributed by atoms with E-state index in [-0.39, 0.29) is 5.91 Å². The number of nitrogens with zero attached hydrogens (tertiary/aromatic N) is 2. The highest BCUT2D eigenvalue weighted by Gasteiger charge is 2.13. The number of aryl methyl sites for hydroxylation is 1. The van der Waals surface area contributed by atoms with Gasteiger partial charge < -0.3 is 10.2 Å². The zero-order valence-corrected chi connectivity index (χ0v) is 17.5. The molecule has 0 fully saturated rings.